The minimum atomic E-state index is -2.81. The Morgan fingerprint density at radius 2 is 2.11 bits per heavy atom. The first-order valence-corrected chi connectivity index (χ1v) is 5.48. The van der Waals surface area contributed by atoms with Gasteiger partial charge in [-0.15, -0.1) is 0 Å². The van der Waals surface area contributed by atoms with Crippen LogP contribution >= 0.6 is 0 Å². The van der Waals surface area contributed by atoms with Crippen LogP contribution < -0.4 is 10.1 Å². The monoisotopic (exact) mass is 253 g/mol. The Balaban J connectivity index is 2.05. The van der Waals surface area contributed by atoms with Crippen molar-refractivity contribution in [2.45, 2.75) is 19.6 Å². The number of rotatable bonds is 5. The molecule has 1 aromatic carbocycles. The molecule has 2 rings (SSSR count). The van der Waals surface area contributed by atoms with Crippen LogP contribution in [0.25, 0.3) is 0 Å². The van der Waals surface area contributed by atoms with Gasteiger partial charge in [-0.25, -0.2) is 0 Å². The summed E-state index contributed by atoms with van der Waals surface area (Å²) in [5.41, 5.74) is 1.69. The predicted molar refractivity (Wildman–Crippen MR) is 63.8 cm³/mol. The van der Waals surface area contributed by atoms with Crippen LogP contribution in [-0.4, -0.2) is 6.61 Å². The van der Waals surface area contributed by atoms with E-state index >= 15 is 0 Å². The molecule has 0 aliphatic rings. The molecule has 0 bridgehead atoms. The molecule has 1 aromatic heterocycles. The van der Waals surface area contributed by atoms with E-state index in [1.165, 1.54) is 12.1 Å². The SMILES string of the molecule is CC(Nc1cccc(OC(F)F)c1)c1ccoc1. The molecule has 96 valence electrons. The molecule has 0 saturated heterocycles. The Hall–Kier alpha value is -2.04. The number of hydrogen-bond acceptors (Lipinski definition) is 3. The number of alkyl halides is 2. The molecule has 0 aliphatic carbocycles. The van der Waals surface area contributed by atoms with Crippen molar-refractivity contribution in [2.24, 2.45) is 0 Å². The number of benzene rings is 1. The summed E-state index contributed by atoms with van der Waals surface area (Å²) >= 11 is 0. The second kappa shape index (κ2) is 5.53. The van der Waals surface area contributed by atoms with Gasteiger partial charge in [0, 0.05) is 17.3 Å². The Morgan fingerprint density at radius 3 is 2.78 bits per heavy atom. The third-order valence-electron chi connectivity index (χ3n) is 2.49. The lowest BCUT2D eigenvalue weighted by Gasteiger charge is -2.14. The second-order valence-corrected chi connectivity index (χ2v) is 3.83. The van der Waals surface area contributed by atoms with Crippen molar-refractivity contribution < 1.29 is 17.9 Å². The van der Waals surface area contributed by atoms with Gasteiger partial charge >= 0.3 is 6.61 Å². The topological polar surface area (TPSA) is 34.4 Å². The maximum Gasteiger partial charge on any atom is 0.387 e. The minimum Gasteiger partial charge on any atom is -0.472 e. The first kappa shape index (κ1) is 12.4. The Labute approximate surface area is 103 Å². The number of halogens is 2. The quantitative estimate of drug-likeness (QED) is 0.872. The molecule has 1 atom stereocenters. The maximum atomic E-state index is 12.1. The van der Waals surface area contributed by atoms with Crippen LogP contribution in [-0.2, 0) is 0 Å². The molecule has 2 aromatic rings. The summed E-state index contributed by atoms with van der Waals surface area (Å²) in [6.45, 7) is -0.863. The highest BCUT2D eigenvalue weighted by molar-refractivity contribution is 5.49. The van der Waals surface area contributed by atoms with Gasteiger partial charge in [0.05, 0.1) is 18.6 Å². The molecule has 1 heterocycles. The summed E-state index contributed by atoms with van der Waals surface area (Å²) in [6.07, 6.45) is 3.22. The van der Waals surface area contributed by atoms with Gasteiger partial charge in [-0.1, -0.05) is 6.07 Å². The van der Waals surface area contributed by atoms with Crippen LogP contribution in [0.4, 0.5) is 14.5 Å². The van der Waals surface area contributed by atoms with Crippen molar-refractivity contribution in [2.75, 3.05) is 5.32 Å². The average molecular weight is 253 g/mol. The predicted octanol–water partition coefficient (Wildman–Crippen LogP) is 4.05. The average Bonchev–Trinajstić information content (AvgIpc) is 2.81. The van der Waals surface area contributed by atoms with Crippen LogP contribution in [0.2, 0.25) is 0 Å². The van der Waals surface area contributed by atoms with E-state index in [-0.39, 0.29) is 11.8 Å². The summed E-state index contributed by atoms with van der Waals surface area (Å²) < 4.78 is 33.5. The van der Waals surface area contributed by atoms with E-state index in [9.17, 15) is 8.78 Å². The standard InChI is InChI=1S/C13H13F2NO2/c1-9(10-5-6-17-8-10)16-11-3-2-4-12(7-11)18-13(14)15/h2-9,13,16H,1H3. The number of ether oxygens (including phenoxy) is 1. The Bertz CT molecular complexity index is 485. The smallest absolute Gasteiger partial charge is 0.387 e. The molecule has 5 heteroatoms. The summed E-state index contributed by atoms with van der Waals surface area (Å²) in [4.78, 5) is 0. The number of furan rings is 1. The van der Waals surface area contributed by atoms with Crippen molar-refractivity contribution >= 4 is 5.69 Å². The van der Waals surface area contributed by atoms with Crippen molar-refractivity contribution in [3.05, 3.63) is 48.4 Å². The van der Waals surface area contributed by atoms with E-state index in [0.717, 1.165) is 5.56 Å². The highest BCUT2D eigenvalue weighted by Crippen LogP contribution is 2.23. The first-order valence-electron chi connectivity index (χ1n) is 5.48. The third kappa shape index (κ3) is 3.23. The lowest BCUT2D eigenvalue weighted by atomic mass is 10.1. The van der Waals surface area contributed by atoms with Gasteiger partial charge in [-0.05, 0) is 25.1 Å². The van der Waals surface area contributed by atoms with E-state index in [1.54, 1.807) is 24.7 Å². The lowest BCUT2D eigenvalue weighted by Crippen LogP contribution is -2.06. The summed E-state index contributed by atoms with van der Waals surface area (Å²) in [7, 11) is 0. The largest absolute Gasteiger partial charge is 0.472 e. The van der Waals surface area contributed by atoms with Crippen LogP contribution in [0, 0.1) is 0 Å². The fourth-order valence-corrected chi connectivity index (χ4v) is 1.62. The van der Waals surface area contributed by atoms with Crippen LogP contribution in [0.15, 0.2) is 47.3 Å². The molecule has 0 saturated carbocycles. The second-order valence-electron chi connectivity index (χ2n) is 3.83. The summed E-state index contributed by atoms with van der Waals surface area (Å²) in [5.74, 6) is 0.134. The van der Waals surface area contributed by atoms with Crippen molar-refractivity contribution in [3.63, 3.8) is 0 Å². The number of nitrogens with one attached hydrogen (secondary N) is 1. The highest BCUT2D eigenvalue weighted by Gasteiger charge is 2.08. The van der Waals surface area contributed by atoms with E-state index in [0.29, 0.717) is 5.69 Å². The Morgan fingerprint density at radius 1 is 1.28 bits per heavy atom. The zero-order valence-corrected chi connectivity index (χ0v) is 9.77. The van der Waals surface area contributed by atoms with E-state index in [4.69, 9.17) is 4.42 Å². The molecule has 18 heavy (non-hydrogen) atoms. The zero-order valence-electron chi connectivity index (χ0n) is 9.77. The minimum absolute atomic E-state index is 0.0190. The zero-order chi connectivity index (χ0) is 13.0. The molecule has 0 fully saturated rings. The van der Waals surface area contributed by atoms with Crippen LogP contribution in [0.3, 0.4) is 0 Å². The van der Waals surface area contributed by atoms with Gasteiger partial charge in [0.2, 0.25) is 0 Å². The first-order chi connectivity index (χ1) is 8.65. The number of hydrogen-bond donors (Lipinski definition) is 1. The molecule has 0 spiro atoms. The molecule has 0 amide bonds. The van der Waals surface area contributed by atoms with Gasteiger partial charge in [-0.2, -0.15) is 8.78 Å². The molecule has 1 unspecified atom stereocenters. The van der Waals surface area contributed by atoms with E-state index in [1.807, 2.05) is 13.0 Å². The maximum absolute atomic E-state index is 12.1. The molecule has 0 radical (unpaired) electrons. The summed E-state index contributed by atoms with van der Waals surface area (Å²) in [6, 6.07) is 8.32. The molecular formula is C13H13F2NO2. The summed E-state index contributed by atoms with van der Waals surface area (Å²) in [5, 5.41) is 3.17. The van der Waals surface area contributed by atoms with Gasteiger partial charge in [-0.3, -0.25) is 0 Å². The molecular weight excluding hydrogens is 240 g/mol. The third-order valence-corrected chi connectivity index (χ3v) is 2.49. The van der Waals surface area contributed by atoms with Crippen molar-refractivity contribution in [1.82, 2.24) is 0 Å². The van der Waals surface area contributed by atoms with Gasteiger partial charge in [0.15, 0.2) is 0 Å². The molecule has 0 aliphatic heterocycles. The fourth-order valence-electron chi connectivity index (χ4n) is 1.62. The number of anilines is 1. The van der Waals surface area contributed by atoms with E-state index < -0.39 is 6.61 Å². The van der Waals surface area contributed by atoms with Gasteiger partial charge < -0.3 is 14.5 Å². The van der Waals surface area contributed by atoms with E-state index in [2.05, 4.69) is 10.1 Å². The van der Waals surface area contributed by atoms with Crippen molar-refractivity contribution in [1.29, 1.82) is 0 Å². The molecule has 1 N–H and O–H groups in total. The van der Waals surface area contributed by atoms with Crippen molar-refractivity contribution in [3.8, 4) is 5.75 Å². The van der Waals surface area contributed by atoms with Crippen LogP contribution in [0.5, 0.6) is 5.75 Å². The Kier molecular flexibility index (Phi) is 3.82. The highest BCUT2D eigenvalue weighted by atomic mass is 19.3. The fraction of sp³-hybridized carbons (Fsp3) is 0.231. The van der Waals surface area contributed by atoms with Gasteiger partial charge in [0.25, 0.3) is 0 Å². The normalized spacial score (nSPS) is 12.4. The van der Waals surface area contributed by atoms with Gasteiger partial charge in [0.1, 0.15) is 5.75 Å². The lowest BCUT2D eigenvalue weighted by molar-refractivity contribution is -0.0498. The molecule has 3 nitrogen and oxygen atoms in total. The van der Waals surface area contributed by atoms with Crippen LogP contribution in [0.1, 0.15) is 18.5 Å².